The van der Waals surface area contributed by atoms with Crippen molar-refractivity contribution >= 4 is 29.3 Å². The number of carbonyl (C=O) groups excluding carboxylic acids is 4. The molecule has 0 bridgehead atoms. The van der Waals surface area contributed by atoms with E-state index >= 15 is 0 Å². The molecule has 1 N–H and O–H groups in total. The molecule has 0 aliphatic carbocycles. The summed E-state index contributed by atoms with van der Waals surface area (Å²) < 4.78 is 5.39. The standard InChI is InChI=1S/C27H25N3O5/c1-17(31)29(2)16-19-8-4-7-11-23(19)28-25(32)22-14-18(12-13-24(22)35-3)15-30-26(33)20-9-5-6-10-21(20)27(30)34/h4-14H,15-16H2,1-3H3,(H,28,32). The first-order chi connectivity index (χ1) is 16.8. The fourth-order valence-electron chi connectivity index (χ4n) is 3.93. The molecule has 0 saturated heterocycles. The normalized spacial score (nSPS) is 12.4. The summed E-state index contributed by atoms with van der Waals surface area (Å²) in [5, 5.41) is 2.89. The number of amides is 4. The molecular weight excluding hydrogens is 446 g/mol. The lowest BCUT2D eigenvalue weighted by Gasteiger charge is -2.19. The largest absolute Gasteiger partial charge is 0.496 e. The molecule has 0 fully saturated rings. The lowest BCUT2D eigenvalue weighted by molar-refractivity contribution is -0.128. The first-order valence-corrected chi connectivity index (χ1v) is 11.0. The molecule has 4 rings (SSSR count). The van der Waals surface area contributed by atoms with E-state index in [9.17, 15) is 19.2 Å². The van der Waals surface area contributed by atoms with Gasteiger partial charge in [-0.1, -0.05) is 36.4 Å². The van der Waals surface area contributed by atoms with E-state index in [0.29, 0.717) is 34.7 Å². The van der Waals surface area contributed by atoms with Crippen LogP contribution < -0.4 is 10.1 Å². The Morgan fingerprint density at radius 1 is 0.943 bits per heavy atom. The van der Waals surface area contributed by atoms with Crippen molar-refractivity contribution in [1.82, 2.24) is 9.80 Å². The van der Waals surface area contributed by atoms with E-state index in [1.54, 1.807) is 66.5 Å². The molecule has 0 saturated carbocycles. The van der Waals surface area contributed by atoms with Gasteiger partial charge < -0.3 is 15.0 Å². The number of ether oxygens (including phenoxy) is 1. The molecule has 4 amide bonds. The minimum atomic E-state index is -0.413. The zero-order valence-electron chi connectivity index (χ0n) is 19.7. The van der Waals surface area contributed by atoms with Crippen molar-refractivity contribution in [2.75, 3.05) is 19.5 Å². The Morgan fingerprint density at radius 2 is 1.57 bits per heavy atom. The molecule has 0 atom stereocenters. The van der Waals surface area contributed by atoms with Crippen molar-refractivity contribution in [1.29, 1.82) is 0 Å². The van der Waals surface area contributed by atoms with Gasteiger partial charge in [0.05, 0.1) is 30.3 Å². The summed E-state index contributed by atoms with van der Waals surface area (Å²) in [7, 11) is 3.15. The van der Waals surface area contributed by atoms with Crippen LogP contribution in [0.2, 0.25) is 0 Å². The fourth-order valence-corrected chi connectivity index (χ4v) is 3.93. The van der Waals surface area contributed by atoms with Gasteiger partial charge in [-0.05, 0) is 41.5 Å². The third-order valence-corrected chi connectivity index (χ3v) is 5.94. The number of para-hydroxylation sites is 1. The highest BCUT2D eigenvalue weighted by atomic mass is 16.5. The van der Waals surface area contributed by atoms with Gasteiger partial charge in [0.2, 0.25) is 5.91 Å². The molecule has 0 unspecified atom stereocenters. The van der Waals surface area contributed by atoms with E-state index in [-0.39, 0.29) is 29.8 Å². The van der Waals surface area contributed by atoms with Crippen molar-refractivity contribution in [2.45, 2.75) is 20.0 Å². The first-order valence-electron chi connectivity index (χ1n) is 11.0. The molecule has 1 aliphatic heterocycles. The number of methoxy groups -OCH3 is 1. The molecule has 8 heteroatoms. The summed E-state index contributed by atoms with van der Waals surface area (Å²) in [5.41, 5.74) is 2.96. The second-order valence-electron chi connectivity index (χ2n) is 8.26. The van der Waals surface area contributed by atoms with E-state index in [0.717, 1.165) is 5.56 Å². The van der Waals surface area contributed by atoms with Crippen molar-refractivity contribution in [3.8, 4) is 5.75 Å². The first kappa shape index (κ1) is 23.7. The number of nitrogens with zero attached hydrogens (tertiary/aromatic N) is 2. The molecule has 3 aromatic carbocycles. The highest BCUT2D eigenvalue weighted by Gasteiger charge is 2.35. The number of carbonyl (C=O) groups is 4. The number of rotatable bonds is 7. The van der Waals surface area contributed by atoms with Crippen LogP contribution in [0.15, 0.2) is 66.7 Å². The van der Waals surface area contributed by atoms with Crippen LogP contribution in [0.5, 0.6) is 5.75 Å². The van der Waals surface area contributed by atoms with Crippen LogP contribution in [0.4, 0.5) is 5.69 Å². The third-order valence-electron chi connectivity index (χ3n) is 5.94. The number of anilines is 1. The second kappa shape index (κ2) is 9.80. The van der Waals surface area contributed by atoms with Crippen molar-refractivity contribution < 1.29 is 23.9 Å². The minimum absolute atomic E-state index is 0.0244. The summed E-state index contributed by atoms with van der Waals surface area (Å²) in [6.07, 6.45) is 0. The van der Waals surface area contributed by atoms with Crippen LogP contribution in [-0.2, 0) is 17.9 Å². The van der Waals surface area contributed by atoms with Crippen LogP contribution in [0.3, 0.4) is 0 Å². The smallest absolute Gasteiger partial charge is 0.261 e. The molecule has 8 nitrogen and oxygen atoms in total. The Kier molecular flexibility index (Phi) is 6.64. The highest BCUT2D eigenvalue weighted by Crippen LogP contribution is 2.27. The van der Waals surface area contributed by atoms with Gasteiger partial charge in [-0.2, -0.15) is 0 Å². The van der Waals surface area contributed by atoms with E-state index in [2.05, 4.69) is 5.32 Å². The summed E-state index contributed by atoms with van der Waals surface area (Å²) in [5.74, 6) is -0.878. The average molecular weight is 472 g/mol. The Balaban J connectivity index is 1.58. The molecule has 1 aliphatic rings. The summed E-state index contributed by atoms with van der Waals surface area (Å²) in [6.45, 7) is 1.84. The van der Waals surface area contributed by atoms with Crippen LogP contribution in [0.1, 0.15) is 49.1 Å². The molecule has 178 valence electrons. The molecule has 3 aromatic rings. The van der Waals surface area contributed by atoms with E-state index in [4.69, 9.17) is 4.74 Å². The van der Waals surface area contributed by atoms with E-state index in [1.807, 2.05) is 12.1 Å². The van der Waals surface area contributed by atoms with Gasteiger partial charge in [-0.15, -0.1) is 0 Å². The monoisotopic (exact) mass is 471 g/mol. The third kappa shape index (κ3) is 4.77. The maximum absolute atomic E-state index is 13.2. The highest BCUT2D eigenvalue weighted by molar-refractivity contribution is 6.21. The SMILES string of the molecule is COc1ccc(CN2C(=O)c3ccccc3C2=O)cc1C(=O)Nc1ccccc1CN(C)C(C)=O. The van der Waals surface area contributed by atoms with Gasteiger partial charge in [0.15, 0.2) is 0 Å². The number of hydrogen-bond donors (Lipinski definition) is 1. The zero-order valence-corrected chi connectivity index (χ0v) is 19.7. The Bertz CT molecular complexity index is 1300. The van der Waals surface area contributed by atoms with Crippen molar-refractivity contribution in [3.63, 3.8) is 0 Å². The molecular formula is C27H25N3O5. The van der Waals surface area contributed by atoms with Gasteiger partial charge in [0.1, 0.15) is 5.75 Å². The topological polar surface area (TPSA) is 96.0 Å². The van der Waals surface area contributed by atoms with E-state index in [1.165, 1.54) is 18.9 Å². The average Bonchev–Trinajstić information content (AvgIpc) is 3.10. The van der Waals surface area contributed by atoms with Crippen molar-refractivity contribution in [3.05, 3.63) is 94.5 Å². The second-order valence-corrected chi connectivity index (χ2v) is 8.26. The number of benzene rings is 3. The number of nitrogens with one attached hydrogen (secondary N) is 1. The van der Waals surface area contributed by atoms with Crippen LogP contribution >= 0.6 is 0 Å². The quantitative estimate of drug-likeness (QED) is 0.530. The number of hydrogen-bond acceptors (Lipinski definition) is 5. The molecule has 0 aromatic heterocycles. The number of fused-ring (bicyclic) bond motifs is 1. The predicted molar refractivity (Wildman–Crippen MR) is 130 cm³/mol. The lowest BCUT2D eigenvalue weighted by atomic mass is 10.1. The zero-order chi connectivity index (χ0) is 25.1. The van der Waals surface area contributed by atoms with Crippen LogP contribution in [-0.4, -0.2) is 47.6 Å². The lowest BCUT2D eigenvalue weighted by Crippen LogP contribution is -2.29. The summed E-state index contributed by atoms with van der Waals surface area (Å²) >= 11 is 0. The van der Waals surface area contributed by atoms with E-state index < -0.39 is 5.91 Å². The molecule has 35 heavy (non-hydrogen) atoms. The number of imide groups is 1. The van der Waals surface area contributed by atoms with Gasteiger partial charge in [0.25, 0.3) is 17.7 Å². The van der Waals surface area contributed by atoms with Crippen LogP contribution in [0, 0.1) is 0 Å². The summed E-state index contributed by atoms with van der Waals surface area (Å²) in [6, 6.07) is 18.9. The Labute approximate surface area is 203 Å². The Hall–Kier alpha value is -4.46. The predicted octanol–water partition coefficient (Wildman–Crippen LogP) is 3.72. The maximum Gasteiger partial charge on any atom is 0.261 e. The van der Waals surface area contributed by atoms with Crippen LogP contribution in [0.25, 0.3) is 0 Å². The van der Waals surface area contributed by atoms with Gasteiger partial charge in [0, 0.05) is 26.2 Å². The maximum atomic E-state index is 13.2. The molecule has 0 spiro atoms. The fraction of sp³-hybridized carbons (Fsp3) is 0.185. The Morgan fingerprint density at radius 3 is 2.20 bits per heavy atom. The molecule has 0 radical (unpaired) electrons. The summed E-state index contributed by atoms with van der Waals surface area (Å²) in [4.78, 5) is 53.1. The van der Waals surface area contributed by atoms with Gasteiger partial charge in [-0.25, -0.2) is 0 Å². The molecule has 1 heterocycles. The minimum Gasteiger partial charge on any atom is -0.496 e. The van der Waals surface area contributed by atoms with Crippen molar-refractivity contribution in [2.24, 2.45) is 0 Å². The van der Waals surface area contributed by atoms with Gasteiger partial charge in [-0.3, -0.25) is 24.1 Å². The van der Waals surface area contributed by atoms with Gasteiger partial charge >= 0.3 is 0 Å².